The third kappa shape index (κ3) is 3.11. The Labute approximate surface area is 88.3 Å². The summed E-state index contributed by atoms with van der Waals surface area (Å²) in [6.45, 7) is 6.54. The van der Waals surface area contributed by atoms with Crippen LogP contribution in [0.25, 0.3) is 0 Å². The Morgan fingerprint density at radius 2 is 2.14 bits per heavy atom. The summed E-state index contributed by atoms with van der Waals surface area (Å²) in [6, 6.07) is 0. The second-order valence-corrected chi connectivity index (χ2v) is 5.06. The molecule has 1 fully saturated rings. The molecule has 1 aliphatic carbocycles. The molecule has 0 bridgehead atoms. The van der Waals surface area contributed by atoms with E-state index < -0.39 is 0 Å². The second-order valence-electron chi connectivity index (χ2n) is 5.06. The van der Waals surface area contributed by atoms with Crippen LogP contribution < -0.4 is 0 Å². The van der Waals surface area contributed by atoms with E-state index in [1.165, 1.54) is 12.8 Å². The van der Waals surface area contributed by atoms with Gasteiger partial charge in [0, 0.05) is 11.8 Å². The van der Waals surface area contributed by atoms with E-state index in [1.54, 1.807) is 0 Å². The zero-order valence-corrected chi connectivity index (χ0v) is 9.88. The van der Waals surface area contributed by atoms with Crippen molar-refractivity contribution in [2.24, 2.45) is 17.8 Å². The molecule has 1 rings (SSSR count). The monoisotopic (exact) mass is 196 g/mol. The second kappa shape index (κ2) is 5.53. The van der Waals surface area contributed by atoms with E-state index in [1.807, 2.05) is 0 Å². The number of rotatable bonds is 4. The lowest BCUT2D eigenvalue weighted by molar-refractivity contribution is -0.127. The molecule has 0 spiro atoms. The predicted octanol–water partition coefficient (Wildman–Crippen LogP) is 3.82. The molecular formula is C13H24O. The molecule has 14 heavy (non-hydrogen) atoms. The predicted molar refractivity (Wildman–Crippen MR) is 60.2 cm³/mol. The minimum Gasteiger partial charge on any atom is -0.299 e. The highest BCUT2D eigenvalue weighted by molar-refractivity contribution is 5.83. The zero-order valence-electron chi connectivity index (χ0n) is 9.88. The maximum absolute atomic E-state index is 12.0. The van der Waals surface area contributed by atoms with E-state index in [9.17, 15) is 4.79 Å². The molecule has 0 saturated heterocycles. The van der Waals surface area contributed by atoms with Crippen LogP contribution in [0.3, 0.4) is 0 Å². The van der Waals surface area contributed by atoms with Gasteiger partial charge in [0.1, 0.15) is 5.78 Å². The van der Waals surface area contributed by atoms with Crippen molar-refractivity contribution >= 4 is 5.78 Å². The highest BCUT2D eigenvalue weighted by Gasteiger charge is 2.27. The van der Waals surface area contributed by atoms with Crippen molar-refractivity contribution < 1.29 is 4.79 Å². The normalized spacial score (nSPS) is 29.9. The van der Waals surface area contributed by atoms with Crippen molar-refractivity contribution in [3.63, 3.8) is 0 Å². The standard InChI is InChI=1S/C13H24O/c1-4-6-11(3)13(14)12-8-5-7-10(2)9-12/h10-12H,4-9H2,1-3H3. The SMILES string of the molecule is CCCC(C)C(=O)C1CCCC(C)C1. The topological polar surface area (TPSA) is 17.1 Å². The lowest BCUT2D eigenvalue weighted by Gasteiger charge is -2.27. The molecule has 1 aliphatic rings. The van der Waals surface area contributed by atoms with Gasteiger partial charge >= 0.3 is 0 Å². The molecule has 1 heteroatoms. The van der Waals surface area contributed by atoms with Gasteiger partial charge in [-0.15, -0.1) is 0 Å². The Hall–Kier alpha value is -0.330. The molecule has 0 aliphatic heterocycles. The molecule has 1 nitrogen and oxygen atoms in total. The fourth-order valence-corrected chi connectivity index (χ4v) is 2.67. The summed E-state index contributed by atoms with van der Waals surface area (Å²) >= 11 is 0. The molecule has 0 N–H and O–H groups in total. The van der Waals surface area contributed by atoms with Crippen LogP contribution in [-0.4, -0.2) is 5.78 Å². The Morgan fingerprint density at radius 1 is 1.43 bits per heavy atom. The van der Waals surface area contributed by atoms with Crippen LogP contribution in [0.4, 0.5) is 0 Å². The molecule has 0 amide bonds. The van der Waals surface area contributed by atoms with Crippen molar-refractivity contribution in [2.75, 3.05) is 0 Å². The number of hydrogen-bond acceptors (Lipinski definition) is 1. The molecule has 0 aromatic heterocycles. The Balaban J connectivity index is 2.42. The molecule has 1 saturated carbocycles. The first-order valence-corrected chi connectivity index (χ1v) is 6.18. The largest absolute Gasteiger partial charge is 0.299 e. The quantitative estimate of drug-likeness (QED) is 0.668. The first-order valence-electron chi connectivity index (χ1n) is 6.18. The van der Waals surface area contributed by atoms with E-state index in [-0.39, 0.29) is 0 Å². The molecule has 3 unspecified atom stereocenters. The van der Waals surface area contributed by atoms with Crippen LogP contribution in [0, 0.1) is 17.8 Å². The van der Waals surface area contributed by atoms with Crippen molar-refractivity contribution in [2.45, 2.75) is 59.3 Å². The summed E-state index contributed by atoms with van der Waals surface area (Å²) in [5.41, 5.74) is 0. The molecule has 0 heterocycles. The van der Waals surface area contributed by atoms with Gasteiger partial charge in [-0.1, -0.05) is 40.0 Å². The van der Waals surface area contributed by atoms with Crippen molar-refractivity contribution in [1.29, 1.82) is 0 Å². The first-order chi connectivity index (χ1) is 6.65. The van der Waals surface area contributed by atoms with Crippen LogP contribution in [0.5, 0.6) is 0 Å². The maximum atomic E-state index is 12.0. The van der Waals surface area contributed by atoms with Gasteiger partial charge in [0.25, 0.3) is 0 Å². The van der Waals surface area contributed by atoms with Crippen LogP contribution in [-0.2, 0) is 4.79 Å². The Kier molecular flexibility index (Phi) is 4.64. The zero-order chi connectivity index (χ0) is 10.6. The highest BCUT2D eigenvalue weighted by atomic mass is 16.1. The Bertz CT molecular complexity index is 186. The summed E-state index contributed by atoms with van der Waals surface area (Å²) in [6.07, 6.45) is 7.09. The highest BCUT2D eigenvalue weighted by Crippen LogP contribution is 2.31. The Morgan fingerprint density at radius 3 is 2.71 bits per heavy atom. The summed E-state index contributed by atoms with van der Waals surface area (Å²) in [7, 11) is 0. The van der Waals surface area contributed by atoms with E-state index in [4.69, 9.17) is 0 Å². The number of carbonyl (C=O) groups is 1. The van der Waals surface area contributed by atoms with Gasteiger partial charge in [0.2, 0.25) is 0 Å². The van der Waals surface area contributed by atoms with Gasteiger partial charge < -0.3 is 0 Å². The smallest absolute Gasteiger partial charge is 0.138 e. The minimum absolute atomic E-state index is 0.301. The summed E-state index contributed by atoms with van der Waals surface area (Å²) in [5, 5.41) is 0. The molecule has 82 valence electrons. The van der Waals surface area contributed by atoms with Crippen molar-refractivity contribution in [3.8, 4) is 0 Å². The van der Waals surface area contributed by atoms with Crippen LogP contribution in [0.2, 0.25) is 0 Å². The van der Waals surface area contributed by atoms with Crippen LogP contribution in [0.1, 0.15) is 59.3 Å². The fraction of sp³-hybridized carbons (Fsp3) is 0.923. The average molecular weight is 196 g/mol. The third-order valence-corrected chi connectivity index (χ3v) is 3.55. The number of Topliss-reactive ketones (excluding diaryl/α,β-unsaturated/α-hetero) is 1. The van der Waals surface area contributed by atoms with Gasteiger partial charge in [-0.3, -0.25) is 4.79 Å². The molecular weight excluding hydrogens is 172 g/mol. The van der Waals surface area contributed by atoms with Crippen molar-refractivity contribution in [3.05, 3.63) is 0 Å². The molecule has 0 aromatic rings. The molecule has 3 atom stereocenters. The van der Waals surface area contributed by atoms with Crippen molar-refractivity contribution in [1.82, 2.24) is 0 Å². The number of hydrogen-bond donors (Lipinski definition) is 0. The summed E-state index contributed by atoms with van der Waals surface area (Å²) in [5.74, 6) is 2.00. The van der Waals surface area contributed by atoms with Gasteiger partial charge in [-0.25, -0.2) is 0 Å². The van der Waals surface area contributed by atoms with Crippen LogP contribution >= 0.6 is 0 Å². The van der Waals surface area contributed by atoms with E-state index >= 15 is 0 Å². The van der Waals surface area contributed by atoms with Crippen LogP contribution in [0.15, 0.2) is 0 Å². The minimum atomic E-state index is 0.301. The van der Waals surface area contributed by atoms with E-state index in [2.05, 4.69) is 20.8 Å². The lowest BCUT2D eigenvalue weighted by atomic mass is 9.77. The van der Waals surface area contributed by atoms with Gasteiger partial charge in [-0.2, -0.15) is 0 Å². The third-order valence-electron chi connectivity index (χ3n) is 3.55. The van der Waals surface area contributed by atoms with Gasteiger partial charge in [0.15, 0.2) is 0 Å². The van der Waals surface area contributed by atoms with Gasteiger partial charge in [-0.05, 0) is 25.2 Å². The van der Waals surface area contributed by atoms with E-state index in [0.717, 1.165) is 31.6 Å². The fourth-order valence-electron chi connectivity index (χ4n) is 2.67. The maximum Gasteiger partial charge on any atom is 0.138 e. The summed E-state index contributed by atoms with van der Waals surface area (Å²) in [4.78, 5) is 12.0. The molecule has 0 radical (unpaired) electrons. The summed E-state index contributed by atoms with van der Waals surface area (Å²) < 4.78 is 0. The average Bonchev–Trinajstić information content (AvgIpc) is 2.17. The number of carbonyl (C=O) groups excluding carboxylic acids is 1. The number of ketones is 1. The molecule has 0 aromatic carbocycles. The lowest BCUT2D eigenvalue weighted by Crippen LogP contribution is -2.26. The van der Waals surface area contributed by atoms with E-state index in [0.29, 0.717) is 17.6 Å². The first kappa shape index (κ1) is 11.7. The van der Waals surface area contributed by atoms with Gasteiger partial charge in [0.05, 0.1) is 0 Å².